The number of fused-ring (bicyclic) bond motifs is 2. The zero-order valence-corrected chi connectivity index (χ0v) is 10.4. The summed E-state index contributed by atoms with van der Waals surface area (Å²) < 4.78 is 5.47. The molecule has 0 spiro atoms. The first kappa shape index (κ1) is 11.3. The van der Waals surface area contributed by atoms with Gasteiger partial charge in [0.15, 0.2) is 0 Å². The van der Waals surface area contributed by atoms with Gasteiger partial charge in [-0.25, -0.2) is 0 Å². The Bertz CT molecular complexity index is 434. The summed E-state index contributed by atoms with van der Waals surface area (Å²) in [6, 6.07) is 1.84. The summed E-state index contributed by atoms with van der Waals surface area (Å²) in [6.45, 7) is 4.03. The molecule has 2 aliphatic carbocycles. The average Bonchev–Trinajstić information content (AvgIpc) is 2.63. The van der Waals surface area contributed by atoms with E-state index >= 15 is 0 Å². The Kier molecular flexibility index (Phi) is 2.23. The van der Waals surface area contributed by atoms with Gasteiger partial charge in [0.05, 0.1) is 18.0 Å². The van der Waals surface area contributed by atoms with Crippen molar-refractivity contribution in [3.05, 3.63) is 23.7 Å². The number of aliphatic hydroxyl groups is 2. The lowest BCUT2D eigenvalue weighted by Crippen LogP contribution is -2.53. The highest BCUT2D eigenvalue weighted by molar-refractivity contribution is 5.28. The maximum absolute atomic E-state index is 10.6. The fourth-order valence-electron chi connectivity index (χ4n) is 4.14. The zero-order chi connectivity index (χ0) is 12.3. The van der Waals surface area contributed by atoms with Crippen LogP contribution in [0.5, 0.6) is 0 Å². The van der Waals surface area contributed by atoms with Gasteiger partial charge in [-0.3, -0.25) is 0 Å². The van der Waals surface area contributed by atoms with Crippen LogP contribution in [0.25, 0.3) is 0 Å². The van der Waals surface area contributed by atoms with Crippen LogP contribution in [0.15, 0.2) is 16.7 Å². The van der Waals surface area contributed by atoms with Crippen molar-refractivity contribution in [3.63, 3.8) is 0 Å². The van der Waals surface area contributed by atoms with Crippen LogP contribution in [-0.2, 0) is 6.42 Å². The van der Waals surface area contributed by atoms with Gasteiger partial charge in [0.25, 0.3) is 0 Å². The number of rotatable bonds is 0. The Morgan fingerprint density at radius 1 is 1.35 bits per heavy atom. The van der Waals surface area contributed by atoms with Crippen molar-refractivity contribution >= 4 is 0 Å². The van der Waals surface area contributed by atoms with Crippen molar-refractivity contribution in [1.82, 2.24) is 0 Å². The second-order valence-corrected chi connectivity index (χ2v) is 6.26. The Labute approximate surface area is 101 Å². The Balaban J connectivity index is 2.10. The van der Waals surface area contributed by atoms with E-state index < -0.39 is 11.7 Å². The van der Waals surface area contributed by atoms with Gasteiger partial charge in [-0.2, -0.15) is 0 Å². The molecule has 3 rings (SSSR count). The highest BCUT2D eigenvalue weighted by Gasteiger charge is 2.55. The van der Waals surface area contributed by atoms with E-state index in [-0.39, 0.29) is 11.3 Å². The quantitative estimate of drug-likeness (QED) is 0.727. The molecule has 0 saturated heterocycles. The van der Waals surface area contributed by atoms with Gasteiger partial charge < -0.3 is 14.6 Å². The molecule has 1 saturated carbocycles. The molecule has 2 N–H and O–H groups in total. The molecule has 1 heterocycles. The van der Waals surface area contributed by atoms with Gasteiger partial charge in [-0.15, -0.1) is 0 Å². The molecule has 94 valence electrons. The molecule has 0 aliphatic heterocycles. The molecule has 0 amide bonds. The first-order valence-electron chi connectivity index (χ1n) is 6.41. The van der Waals surface area contributed by atoms with Crippen LogP contribution >= 0.6 is 0 Å². The molecule has 17 heavy (non-hydrogen) atoms. The number of furan rings is 1. The standard InChI is InChI=1S/C14H20O3/c1-13-5-3-6-14(2,16)12(13)11(15)9-4-7-17-10(9)8-13/h4,7,11-12,15-16H,3,5-6,8H2,1-2H3/t11-,12+,13+,14-/m0/s1. The van der Waals surface area contributed by atoms with Crippen LogP contribution in [0, 0.1) is 11.3 Å². The minimum absolute atomic E-state index is 0.0496. The van der Waals surface area contributed by atoms with Crippen molar-refractivity contribution in [2.24, 2.45) is 11.3 Å². The summed E-state index contributed by atoms with van der Waals surface area (Å²) in [4.78, 5) is 0. The van der Waals surface area contributed by atoms with Crippen LogP contribution in [-0.4, -0.2) is 15.8 Å². The number of aliphatic hydroxyl groups excluding tert-OH is 1. The normalized spacial score (nSPS) is 45.2. The van der Waals surface area contributed by atoms with E-state index in [4.69, 9.17) is 4.42 Å². The summed E-state index contributed by atoms with van der Waals surface area (Å²) in [5.74, 6) is 0.808. The minimum Gasteiger partial charge on any atom is -0.469 e. The Morgan fingerprint density at radius 3 is 2.88 bits per heavy atom. The number of hydrogen-bond acceptors (Lipinski definition) is 3. The monoisotopic (exact) mass is 236 g/mol. The molecular weight excluding hydrogens is 216 g/mol. The molecule has 1 aromatic rings. The van der Waals surface area contributed by atoms with Crippen LogP contribution in [0.1, 0.15) is 50.5 Å². The SMILES string of the molecule is C[C@]12CCC[C@](C)(O)[C@@H]1[C@@H](O)c1ccoc1C2. The summed E-state index contributed by atoms with van der Waals surface area (Å²) >= 11 is 0. The Hall–Kier alpha value is -0.800. The highest BCUT2D eigenvalue weighted by atomic mass is 16.3. The molecule has 1 fully saturated rings. The van der Waals surface area contributed by atoms with Gasteiger partial charge in [0.1, 0.15) is 5.76 Å². The van der Waals surface area contributed by atoms with E-state index in [0.29, 0.717) is 0 Å². The average molecular weight is 236 g/mol. The molecule has 2 aliphatic rings. The molecule has 3 heteroatoms. The van der Waals surface area contributed by atoms with Crippen molar-refractivity contribution in [2.45, 2.75) is 51.2 Å². The lowest BCUT2D eigenvalue weighted by molar-refractivity contribution is -0.153. The van der Waals surface area contributed by atoms with Gasteiger partial charge in [-0.05, 0) is 31.2 Å². The lowest BCUT2D eigenvalue weighted by Gasteiger charge is -2.53. The van der Waals surface area contributed by atoms with Gasteiger partial charge in [0.2, 0.25) is 0 Å². The summed E-state index contributed by atoms with van der Waals surface area (Å²) in [6.07, 6.45) is 4.71. The highest BCUT2D eigenvalue weighted by Crippen LogP contribution is 2.56. The van der Waals surface area contributed by atoms with Crippen molar-refractivity contribution in [1.29, 1.82) is 0 Å². The predicted molar refractivity (Wildman–Crippen MR) is 63.4 cm³/mol. The molecule has 0 radical (unpaired) electrons. The third-order valence-corrected chi connectivity index (χ3v) is 4.83. The van der Waals surface area contributed by atoms with Crippen molar-refractivity contribution in [2.75, 3.05) is 0 Å². The van der Waals surface area contributed by atoms with Gasteiger partial charge in [-0.1, -0.05) is 13.3 Å². The maximum atomic E-state index is 10.6. The van der Waals surface area contributed by atoms with Crippen molar-refractivity contribution < 1.29 is 14.6 Å². The van der Waals surface area contributed by atoms with E-state index in [1.54, 1.807) is 6.26 Å². The third kappa shape index (κ3) is 1.49. The van der Waals surface area contributed by atoms with Gasteiger partial charge >= 0.3 is 0 Å². The molecule has 4 atom stereocenters. The van der Waals surface area contributed by atoms with Crippen LogP contribution in [0.4, 0.5) is 0 Å². The second-order valence-electron chi connectivity index (χ2n) is 6.26. The largest absolute Gasteiger partial charge is 0.469 e. The molecule has 0 bridgehead atoms. The molecule has 0 unspecified atom stereocenters. The smallest absolute Gasteiger partial charge is 0.110 e. The summed E-state index contributed by atoms with van der Waals surface area (Å²) in [7, 11) is 0. The van der Waals surface area contributed by atoms with E-state index in [0.717, 1.165) is 37.0 Å². The zero-order valence-electron chi connectivity index (χ0n) is 10.4. The minimum atomic E-state index is -0.776. The van der Waals surface area contributed by atoms with Crippen LogP contribution < -0.4 is 0 Å². The predicted octanol–water partition coefficient (Wildman–Crippen LogP) is 2.43. The topological polar surface area (TPSA) is 53.6 Å². The third-order valence-electron chi connectivity index (χ3n) is 4.83. The van der Waals surface area contributed by atoms with E-state index in [1.165, 1.54) is 0 Å². The molecule has 0 aromatic carbocycles. The summed E-state index contributed by atoms with van der Waals surface area (Å²) in [5.41, 5.74) is 0.0441. The Morgan fingerprint density at radius 2 is 2.12 bits per heavy atom. The lowest BCUT2D eigenvalue weighted by atomic mass is 9.54. The molecule has 3 nitrogen and oxygen atoms in total. The van der Waals surface area contributed by atoms with E-state index in [2.05, 4.69) is 6.92 Å². The number of hydrogen-bond donors (Lipinski definition) is 2. The molecule has 1 aromatic heterocycles. The fraction of sp³-hybridized carbons (Fsp3) is 0.714. The summed E-state index contributed by atoms with van der Waals surface area (Å²) in [5, 5.41) is 21.1. The first-order valence-corrected chi connectivity index (χ1v) is 6.41. The fourth-order valence-corrected chi connectivity index (χ4v) is 4.14. The van der Waals surface area contributed by atoms with E-state index in [1.807, 2.05) is 13.0 Å². The van der Waals surface area contributed by atoms with E-state index in [9.17, 15) is 10.2 Å². The molecular formula is C14H20O3. The van der Waals surface area contributed by atoms with Crippen molar-refractivity contribution in [3.8, 4) is 0 Å². The van der Waals surface area contributed by atoms with Crippen LogP contribution in [0.2, 0.25) is 0 Å². The van der Waals surface area contributed by atoms with Crippen LogP contribution in [0.3, 0.4) is 0 Å². The van der Waals surface area contributed by atoms with Gasteiger partial charge in [0, 0.05) is 17.9 Å². The second kappa shape index (κ2) is 3.36. The first-order chi connectivity index (χ1) is 7.94. The maximum Gasteiger partial charge on any atom is 0.110 e.